The molecule has 2 atom stereocenters. The van der Waals surface area contributed by atoms with Gasteiger partial charge in [-0.1, -0.05) is 24.6 Å². The van der Waals surface area contributed by atoms with E-state index in [0.717, 1.165) is 18.4 Å². The van der Waals surface area contributed by atoms with E-state index in [1.807, 2.05) is 13.8 Å². The third-order valence-electron chi connectivity index (χ3n) is 4.79. The summed E-state index contributed by atoms with van der Waals surface area (Å²) >= 11 is 0. The van der Waals surface area contributed by atoms with E-state index in [0.29, 0.717) is 11.7 Å². The second-order valence-electron chi connectivity index (χ2n) is 6.73. The van der Waals surface area contributed by atoms with Gasteiger partial charge in [0.15, 0.2) is 9.84 Å². The predicted octanol–water partition coefficient (Wildman–Crippen LogP) is 3.27. The van der Waals surface area contributed by atoms with Crippen LogP contribution in [0, 0.1) is 18.8 Å². The van der Waals surface area contributed by atoms with Crippen LogP contribution in [0.1, 0.15) is 36.3 Å². The standard InChI is InChI=1S/C19H23NO4S/c1-13-5-9-16(10-6-13)25(22,23)18(17-4-3-11-24-17)12-20-19(21)14(2)15-7-8-15/h3-6,9-11,14-15,18H,7-8,12H2,1-2H3,(H,20,21). The van der Waals surface area contributed by atoms with Crippen molar-refractivity contribution >= 4 is 15.7 Å². The van der Waals surface area contributed by atoms with Gasteiger partial charge in [-0.25, -0.2) is 8.42 Å². The fourth-order valence-electron chi connectivity index (χ4n) is 2.89. The normalized spacial score (nSPS) is 17.0. The van der Waals surface area contributed by atoms with Gasteiger partial charge in [0, 0.05) is 12.5 Å². The van der Waals surface area contributed by atoms with Gasteiger partial charge in [0.05, 0.1) is 11.2 Å². The monoisotopic (exact) mass is 361 g/mol. The van der Waals surface area contributed by atoms with Crippen LogP contribution in [0.15, 0.2) is 52.0 Å². The molecule has 1 fully saturated rings. The van der Waals surface area contributed by atoms with Gasteiger partial charge in [0.1, 0.15) is 11.0 Å². The molecule has 1 saturated carbocycles. The van der Waals surface area contributed by atoms with Crippen LogP contribution in [0.25, 0.3) is 0 Å². The summed E-state index contributed by atoms with van der Waals surface area (Å²) in [6.07, 6.45) is 3.58. The van der Waals surface area contributed by atoms with Crippen molar-refractivity contribution in [1.29, 1.82) is 0 Å². The largest absolute Gasteiger partial charge is 0.468 e. The van der Waals surface area contributed by atoms with Crippen LogP contribution in [0.2, 0.25) is 0 Å². The highest BCUT2D eigenvalue weighted by molar-refractivity contribution is 7.91. The van der Waals surface area contributed by atoms with E-state index in [9.17, 15) is 13.2 Å². The molecule has 1 aromatic heterocycles. The molecule has 0 radical (unpaired) electrons. The summed E-state index contributed by atoms with van der Waals surface area (Å²) in [7, 11) is -3.68. The highest BCUT2D eigenvalue weighted by atomic mass is 32.2. The fraction of sp³-hybridized carbons (Fsp3) is 0.421. The van der Waals surface area contributed by atoms with E-state index in [4.69, 9.17) is 4.42 Å². The number of benzene rings is 1. The lowest BCUT2D eigenvalue weighted by molar-refractivity contribution is -0.125. The molecule has 0 aliphatic heterocycles. The molecule has 0 saturated heterocycles. The summed E-state index contributed by atoms with van der Waals surface area (Å²) in [5.41, 5.74) is 0.986. The first-order valence-electron chi connectivity index (χ1n) is 8.51. The van der Waals surface area contributed by atoms with Gasteiger partial charge < -0.3 is 9.73 Å². The SMILES string of the molecule is Cc1ccc(S(=O)(=O)C(CNC(=O)C(C)C2CC2)c2ccco2)cc1. The van der Waals surface area contributed by atoms with Crippen LogP contribution < -0.4 is 5.32 Å². The molecule has 2 unspecified atom stereocenters. The molecule has 3 rings (SSSR count). The molecule has 0 bridgehead atoms. The van der Waals surface area contributed by atoms with Gasteiger partial charge in [-0.2, -0.15) is 0 Å². The molecule has 134 valence electrons. The molecule has 1 aromatic carbocycles. The van der Waals surface area contributed by atoms with Crippen molar-refractivity contribution < 1.29 is 17.6 Å². The first-order valence-corrected chi connectivity index (χ1v) is 10.1. The number of rotatable bonds is 7. The van der Waals surface area contributed by atoms with Crippen molar-refractivity contribution in [2.75, 3.05) is 6.54 Å². The third-order valence-corrected chi connectivity index (χ3v) is 6.87. The van der Waals surface area contributed by atoms with Crippen molar-refractivity contribution in [3.8, 4) is 0 Å². The summed E-state index contributed by atoms with van der Waals surface area (Å²) in [4.78, 5) is 12.5. The Morgan fingerprint density at radius 3 is 2.48 bits per heavy atom. The summed E-state index contributed by atoms with van der Waals surface area (Å²) in [6, 6.07) is 10.00. The first-order chi connectivity index (χ1) is 11.9. The number of aryl methyl sites for hydroxylation is 1. The quantitative estimate of drug-likeness (QED) is 0.821. The molecule has 1 N–H and O–H groups in total. The number of furan rings is 1. The van der Waals surface area contributed by atoms with E-state index in [1.165, 1.54) is 6.26 Å². The number of nitrogens with one attached hydrogen (secondary N) is 1. The Kier molecular flexibility index (Phi) is 4.99. The number of hydrogen-bond acceptors (Lipinski definition) is 4. The van der Waals surface area contributed by atoms with Crippen LogP contribution in [-0.4, -0.2) is 20.9 Å². The van der Waals surface area contributed by atoms with Crippen LogP contribution >= 0.6 is 0 Å². The number of amides is 1. The number of carbonyl (C=O) groups is 1. The number of hydrogen-bond donors (Lipinski definition) is 1. The van der Waals surface area contributed by atoms with Crippen molar-refractivity contribution in [2.24, 2.45) is 11.8 Å². The van der Waals surface area contributed by atoms with E-state index in [1.54, 1.807) is 36.4 Å². The van der Waals surface area contributed by atoms with Gasteiger partial charge >= 0.3 is 0 Å². The molecule has 1 amide bonds. The van der Waals surface area contributed by atoms with E-state index in [2.05, 4.69) is 5.32 Å². The van der Waals surface area contributed by atoms with Gasteiger partial charge in [-0.15, -0.1) is 0 Å². The second-order valence-corrected chi connectivity index (χ2v) is 8.86. The molecule has 5 nitrogen and oxygen atoms in total. The minimum atomic E-state index is -3.68. The fourth-order valence-corrected chi connectivity index (χ4v) is 4.48. The highest BCUT2D eigenvalue weighted by Crippen LogP contribution is 2.36. The smallest absolute Gasteiger partial charge is 0.223 e. The van der Waals surface area contributed by atoms with Gasteiger partial charge in [-0.05, 0) is 49.9 Å². The summed E-state index contributed by atoms with van der Waals surface area (Å²) in [5.74, 6) is 0.577. The van der Waals surface area contributed by atoms with Crippen molar-refractivity contribution in [1.82, 2.24) is 5.32 Å². The molecule has 2 aromatic rings. The molecule has 1 aliphatic carbocycles. The molecular weight excluding hydrogens is 338 g/mol. The van der Waals surface area contributed by atoms with Crippen LogP contribution in [0.3, 0.4) is 0 Å². The Morgan fingerprint density at radius 1 is 1.24 bits per heavy atom. The second kappa shape index (κ2) is 7.04. The summed E-state index contributed by atoms with van der Waals surface area (Å²) < 4.78 is 31.5. The Morgan fingerprint density at radius 2 is 1.92 bits per heavy atom. The average Bonchev–Trinajstić information content (AvgIpc) is 3.30. The maximum atomic E-state index is 13.1. The highest BCUT2D eigenvalue weighted by Gasteiger charge is 2.35. The molecular formula is C19H23NO4S. The van der Waals surface area contributed by atoms with E-state index < -0.39 is 15.1 Å². The Hall–Kier alpha value is -2.08. The van der Waals surface area contributed by atoms with E-state index >= 15 is 0 Å². The lowest BCUT2D eigenvalue weighted by atomic mass is 10.1. The van der Waals surface area contributed by atoms with Crippen molar-refractivity contribution in [3.05, 3.63) is 54.0 Å². The van der Waals surface area contributed by atoms with Crippen molar-refractivity contribution in [3.63, 3.8) is 0 Å². The van der Waals surface area contributed by atoms with Crippen LogP contribution in [0.4, 0.5) is 0 Å². The van der Waals surface area contributed by atoms with Crippen LogP contribution in [-0.2, 0) is 14.6 Å². The Labute approximate surface area is 148 Å². The molecule has 1 heterocycles. The van der Waals surface area contributed by atoms with Gasteiger partial charge in [-0.3, -0.25) is 4.79 Å². The predicted molar refractivity (Wildman–Crippen MR) is 94.7 cm³/mol. The van der Waals surface area contributed by atoms with Gasteiger partial charge in [0.25, 0.3) is 0 Å². The van der Waals surface area contributed by atoms with Crippen LogP contribution in [0.5, 0.6) is 0 Å². The topological polar surface area (TPSA) is 76.4 Å². The van der Waals surface area contributed by atoms with Crippen molar-refractivity contribution in [2.45, 2.75) is 36.8 Å². The molecule has 25 heavy (non-hydrogen) atoms. The first kappa shape index (κ1) is 17.7. The minimum absolute atomic E-state index is 0.000381. The lowest BCUT2D eigenvalue weighted by Gasteiger charge is -2.18. The zero-order valence-corrected chi connectivity index (χ0v) is 15.3. The molecule has 0 spiro atoms. The molecule has 1 aliphatic rings. The van der Waals surface area contributed by atoms with E-state index in [-0.39, 0.29) is 23.3 Å². The molecule has 6 heteroatoms. The zero-order valence-electron chi connectivity index (χ0n) is 14.4. The van der Waals surface area contributed by atoms with Gasteiger partial charge in [0.2, 0.25) is 5.91 Å². The summed E-state index contributed by atoms with van der Waals surface area (Å²) in [6.45, 7) is 3.79. The Balaban J connectivity index is 1.82. The number of carbonyl (C=O) groups excluding carboxylic acids is 1. The number of sulfone groups is 1. The Bertz CT molecular complexity index is 821. The summed E-state index contributed by atoms with van der Waals surface area (Å²) in [5, 5.41) is 1.86. The zero-order chi connectivity index (χ0) is 18.0. The average molecular weight is 361 g/mol. The minimum Gasteiger partial charge on any atom is -0.468 e. The lowest BCUT2D eigenvalue weighted by Crippen LogP contribution is -2.35. The maximum absolute atomic E-state index is 13.1. The maximum Gasteiger partial charge on any atom is 0.223 e. The third kappa shape index (κ3) is 3.95.